The van der Waals surface area contributed by atoms with Crippen LogP contribution in [0.3, 0.4) is 0 Å². The fourth-order valence-electron chi connectivity index (χ4n) is 2.79. The van der Waals surface area contributed by atoms with Gasteiger partial charge in [0.25, 0.3) is 0 Å². The molecule has 118 valence electrons. The van der Waals surface area contributed by atoms with E-state index in [2.05, 4.69) is 28.4 Å². The molecule has 4 heteroatoms. The van der Waals surface area contributed by atoms with Crippen LogP contribution in [0.1, 0.15) is 16.7 Å². The van der Waals surface area contributed by atoms with Gasteiger partial charge in [0.05, 0.1) is 6.61 Å². The van der Waals surface area contributed by atoms with Gasteiger partial charge in [-0.25, -0.2) is 0 Å². The van der Waals surface area contributed by atoms with Crippen molar-refractivity contribution in [2.24, 2.45) is 10.2 Å². The molecule has 0 aliphatic carbocycles. The van der Waals surface area contributed by atoms with E-state index < -0.39 is 0 Å². The Labute approximate surface area is 139 Å². The molecule has 0 fully saturated rings. The van der Waals surface area contributed by atoms with Crippen LogP contribution in [-0.4, -0.2) is 23.3 Å². The summed E-state index contributed by atoms with van der Waals surface area (Å²) in [6.07, 6.45) is 0. The van der Waals surface area contributed by atoms with E-state index >= 15 is 0 Å². The summed E-state index contributed by atoms with van der Waals surface area (Å²) in [5.74, 6) is 0.544. The molecular formula is C20H16N2O2. The van der Waals surface area contributed by atoms with Crippen molar-refractivity contribution < 1.29 is 9.84 Å². The summed E-state index contributed by atoms with van der Waals surface area (Å²) < 4.78 is 5.87. The van der Waals surface area contributed by atoms with E-state index in [1.807, 2.05) is 48.5 Å². The molecule has 0 saturated carbocycles. The first-order valence-corrected chi connectivity index (χ1v) is 7.81. The molecule has 1 aliphatic rings. The standard InChI is InChI=1S/C20H16N2O2/c23-12-14-8-10-16(11-9-14)19-13-24-20(22-21-19)18-7-3-5-15-4-1-2-6-17(15)18/h1-11,23H,12-13H2. The largest absolute Gasteiger partial charge is 0.470 e. The van der Waals surface area contributed by atoms with Gasteiger partial charge in [-0.3, -0.25) is 0 Å². The highest BCUT2D eigenvalue weighted by Crippen LogP contribution is 2.21. The minimum atomic E-state index is 0.0344. The van der Waals surface area contributed by atoms with Gasteiger partial charge in [-0.15, -0.1) is 10.2 Å². The predicted octanol–water partition coefficient (Wildman–Crippen LogP) is 3.51. The van der Waals surface area contributed by atoms with Crippen molar-refractivity contribution >= 4 is 22.4 Å². The summed E-state index contributed by atoms with van der Waals surface area (Å²) in [7, 11) is 0. The number of ether oxygens (including phenoxy) is 1. The van der Waals surface area contributed by atoms with Gasteiger partial charge in [0.2, 0.25) is 5.90 Å². The van der Waals surface area contributed by atoms with Crippen LogP contribution >= 0.6 is 0 Å². The van der Waals surface area contributed by atoms with Gasteiger partial charge in [-0.2, -0.15) is 0 Å². The Morgan fingerprint density at radius 1 is 0.875 bits per heavy atom. The number of aliphatic hydroxyl groups excluding tert-OH is 1. The molecule has 0 amide bonds. The molecule has 0 unspecified atom stereocenters. The van der Waals surface area contributed by atoms with Crippen LogP contribution in [0.5, 0.6) is 0 Å². The lowest BCUT2D eigenvalue weighted by Crippen LogP contribution is -2.20. The van der Waals surface area contributed by atoms with E-state index in [0.717, 1.165) is 33.2 Å². The number of hydrogen-bond donors (Lipinski definition) is 1. The molecule has 4 rings (SSSR count). The van der Waals surface area contributed by atoms with Crippen LogP contribution in [0.15, 0.2) is 76.9 Å². The van der Waals surface area contributed by atoms with Crippen molar-refractivity contribution in [3.05, 3.63) is 83.4 Å². The van der Waals surface area contributed by atoms with Crippen LogP contribution in [-0.2, 0) is 11.3 Å². The molecule has 0 saturated heterocycles. The topological polar surface area (TPSA) is 54.2 Å². The smallest absolute Gasteiger partial charge is 0.241 e. The monoisotopic (exact) mass is 316 g/mol. The molecule has 1 N–H and O–H groups in total. The third-order valence-corrected chi connectivity index (χ3v) is 4.10. The maximum Gasteiger partial charge on any atom is 0.241 e. The van der Waals surface area contributed by atoms with Crippen LogP contribution < -0.4 is 0 Å². The third-order valence-electron chi connectivity index (χ3n) is 4.10. The molecule has 0 radical (unpaired) electrons. The highest BCUT2D eigenvalue weighted by atomic mass is 16.5. The predicted molar refractivity (Wildman–Crippen MR) is 95.3 cm³/mol. The number of rotatable bonds is 3. The molecule has 0 atom stereocenters. The van der Waals surface area contributed by atoms with Crippen LogP contribution in [0, 0.1) is 0 Å². The lowest BCUT2D eigenvalue weighted by molar-refractivity contribution is 0.282. The van der Waals surface area contributed by atoms with E-state index in [-0.39, 0.29) is 6.61 Å². The highest BCUT2D eigenvalue weighted by molar-refractivity contribution is 6.10. The van der Waals surface area contributed by atoms with Crippen molar-refractivity contribution in [1.82, 2.24) is 0 Å². The third kappa shape index (κ3) is 2.68. The summed E-state index contributed by atoms with van der Waals surface area (Å²) in [4.78, 5) is 0. The molecule has 1 aliphatic heterocycles. The van der Waals surface area contributed by atoms with Crippen molar-refractivity contribution in [2.45, 2.75) is 6.61 Å². The maximum atomic E-state index is 9.11. The second-order valence-corrected chi connectivity index (χ2v) is 5.62. The molecule has 4 nitrogen and oxygen atoms in total. The van der Waals surface area contributed by atoms with Gasteiger partial charge < -0.3 is 9.84 Å². The summed E-state index contributed by atoms with van der Waals surface area (Å²) in [6.45, 7) is 0.410. The van der Waals surface area contributed by atoms with E-state index in [1.54, 1.807) is 0 Å². The number of aliphatic hydroxyl groups is 1. The fourth-order valence-corrected chi connectivity index (χ4v) is 2.79. The molecule has 3 aromatic carbocycles. The zero-order valence-corrected chi connectivity index (χ0v) is 13.0. The number of benzene rings is 3. The van der Waals surface area contributed by atoms with Gasteiger partial charge in [0.1, 0.15) is 12.3 Å². The number of fused-ring (bicyclic) bond motifs is 1. The summed E-state index contributed by atoms with van der Waals surface area (Å²) in [5.41, 5.74) is 3.55. The number of hydrogen-bond acceptors (Lipinski definition) is 4. The Bertz CT molecular complexity index is 938. The SMILES string of the molecule is OCc1ccc(C2=NN=C(c3cccc4ccccc34)OC2)cc1. The Morgan fingerprint density at radius 3 is 2.42 bits per heavy atom. The van der Waals surface area contributed by atoms with E-state index in [4.69, 9.17) is 9.84 Å². The van der Waals surface area contributed by atoms with Crippen molar-refractivity contribution in [1.29, 1.82) is 0 Å². The Hall–Kier alpha value is -2.98. The average molecular weight is 316 g/mol. The second kappa shape index (κ2) is 6.26. The van der Waals surface area contributed by atoms with E-state index in [1.165, 1.54) is 0 Å². The Morgan fingerprint density at radius 2 is 1.67 bits per heavy atom. The second-order valence-electron chi connectivity index (χ2n) is 5.62. The lowest BCUT2D eigenvalue weighted by atomic mass is 10.0. The molecule has 0 spiro atoms. The van der Waals surface area contributed by atoms with Crippen molar-refractivity contribution in [2.75, 3.05) is 6.61 Å². The van der Waals surface area contributed by atoms with Gasteiger partial charge in [0, 0.05) is 11.1 Å². The number of nitrogens with zero attached hydrogens (tertiary/aromatic N) is 2. The highest BCUT2D eigenvalue weighted by Gasteiger charge is 2.16. The van der Waals surface area contributed by atoms with Gasteiger partial charge in [-0.05, 0) is 22.4 Å². The lowest BCUT2D eigenvalue weighted by Gasteiger charge is -2.15. The molecule has 0 aromatic heterocycles. The van der Waals surface area contributed by atoms with Crippen molar-refractivity contribution in [3.63, 3.8) is 0 Å². The normalized spacial score (nSPS) is 14.0. The van der Waals surface area contributed by atoms with Crippen LogP contribution in [0.4, 0.5) is 0 Å². The van der Waals surface area contributed by atoms with E-state index in [9.17, 15) is 0 Å². The zero-order chi connectivity index (χ0) is 16.4. The van der Waals surface area contributed by atoms with Crippen molar-refractivity contribution in [3.8, 4) is 0 Å². The minimum Gasteiger partial charge on any atom is -0.470 e. The minimum absolute atomic E-state index is 0.0344. The van der Waals surface area contributed by atoms with Crippen LogP contribution in [0.2, 0.25) is 0 Å². The summed E-state index contributed by atoms with van der Waals surface area (Å²) >= 11 is 0. The summed E-state index contributed by atoms with van der Waals surface area (Å²) in [5, 5.41) is 20.0. The quantitative estimate of drug-likeness (QED) is 0.804. The first-order chi connectivity index (χ1) is 11.8. The van der Waals surface area contributed by atoms with Gasteiger partial charge >= 0.3 is 0 Å². The fraction of sp³-hybridized carbons (Fsp3) is 0.100. The molecule has 24 heavy (non-hydrogen) atoms. The zero-order valence-electron chi connectivity index (χ0n) is 13.0. The molecular weight excluding hydrogens is 300 g/mol. The first kappa shape index (κ1) is 14.6. The summed E-state index contributed by atoms with van der Waals surface area (Å²) in [6, 6.07) is 21.8. The Balaban J connectivity index is 1.68. The Kier molecular flexibility index (Phi) is 3.81. The van der Waals surface area contributed by atoms with Gasteiger partial charge in [-0.1, -0.05) is 60.7 Å². The first-order valence-electron chi connectivity index (χ1n) is 7.81. The average Bonchev–Trinajstić information content (AvgIpc) is 2.68. The van der Waals surface area contributed by atoms with Crippen LogP contribution in [0.25, 0.3) is 10.8 Å². The van der Waals surface area contributed by atoms with E-state index in [0.29, 0.717) is 12.5 Å². The molecule has 0 bridgehead atoms. The molecule has 1 heterocycles. The molecule has 3 aromatic rings. The maximum absolute atomic E-state index is 9.11. The van der Waals surface area contributed by atoms with Gasteiger partial charge in [0.15, 0.2) is 0 Å².